The molecule has 0 atom stereocenters. The number of nitrogens with zero attached hydrogens (tertiary/aromatic N) is 1. The summed E-state index contributed by atoms with van der Waals surface area (Å²) in [5.74, 6) is 0.946. The molecule has 3 heteroatoms. The molecule has 0 radical (unpaired) electrons. The number of rotatable bonds is 4. The molecule has 0 aromatic heterocycles. The molecule has 0 unspecified atom stereocenters. The molecule has 0 aliphatic heterocycles. The first-order valence-corrected chi connectivity index (χ1v) is 7.65. The molecule has 1 saturated carbocycles. The lowest BCUT2D eigenvalue weighted by Gasteiger charge is -2.35. The molecule has 2 nitrogen and oxygen atoms in total. The van der Waals surface area contributed by atoms with Gasteiger partial charge in [-0.1, -0.05) is 25.6 Å². The number of anilines is 1. The molecule has 19 heavy (non-hydrogen) atoms. The van der Waals surface area contributed by atoms with Crippen LogP contribution in [0.15, 0.2) is 24.3 Å². The second-order valence-corrected chi connectivity index (χ2v) is 6.04. The zero-order valence-electron chi connectivity index (χ0n) is 11.9. The molecule has 0 heterocycles. The molecule has 2 N–H and O–H groups in total. The highest BCUT2D eigenvalue weighted by molar-refractivity contribution is 7.80. The van der Waals surface area contributed by atoms with E-state index in [4.69, 9.17) is 18.0 Å². The topological polar surface area (TPSA) is 29.3 Å². The van der Waals surface area contributed by atoms with Gasteiger partial charge in [-0.25, -0.2) is 0 Å². The number of benzene rings is 1. The third kappa shape index (κ3) is 3.47. The second-order valence-electron chi connectivity index (χ2n) is 5.60. The van der Waals surface area contributed by atoms with Crippen LogP contribution in [0.4, 0.5) is 5.69 Å². The van der Waals surface area contributed by atoms with Crippen molar-refractivity contribution in [2.75, 3.05) is 11.9 Å². The summed E-state index contributed by atoms with van der Waals surface area (Å²) in [7, 11) is 2.20. The summed E-state index contributed by atoms with van der Waals surface area (Å²) in [5, 5.41) is 0. The van der Waals surface area contributed by atoms with Gasteiger partial charge in [0.1, 0.15) is 4.99 Å². The summed E-state index contributed by atoms with van der Waals surface area (Å²) < 4.78 is 0. The Kier molecular flexibility index (Phi) is 4.81. The quantitative estimate of drug-likeness (QED) is 0.850. The summed E-state index contributed by atoms with van der Waals surface area (Å²) in [6, 6.07) is 8.97. The highest BCUT2D eigenvalue weighted by Gasteiger charge is 2.23. The van der Waals surface area contributed by atoms with Crippen molar-refractivity contribution in [1.29, 1.82) is 0 Å². The summed E-state index contributed by atoms with van der Waals surface area (Å²) in [4.78, 5) is 2.88. The van der Waals surface area contributed by atoms with Crippen molar-refractivity contribution < 1.29 is 0 Å². The standard InChI is InChI=1S/C16H24N2S/c1-3-12-4-8-14(9-5-12)18(2)15-10-6-13(7-11-15)16(17)19/h6-7,10-12,14H,3-5,8-9H2,1-2H3,(H2,17,19). The fourth-order valence-corrected chi connectivity index (χ4v) is 3.15. The van der Waals surface area contributed by atoms with Crippen LogP contribution < -0.4 is 10.6 Å². The van der Waals surface area contributed by atoms with Crippen molar-refractivity contribution in [1.82, 2.24) is 0 Å². The van der Waals surface area contributed by atoms with Gasteiger partial charge in [0.15, 0.2) is 0 Å². The van der Waals surface area contributed by atoms with Crippen molar-refractivity contribution >= 4 is 22.9 Å². The lowest BCUT2D eigenvalue weighted by atomic mass is 9.84. The molecule has 1 aliphatic rings. The lowest BCUT2D eigenvalue weighted by Crippen LogP contribution is -2.35. The fraction of sp³-hybridized carbons (Fsp3) is 0.562. The van der Waals surface area contributed by atoms with Gasteiger partial charge in [0.2, 0.25) is 0 Å². The van der Waals surface area contributed by atoms with E-state index in [0.29, 0.717) is 11.0 Å². The SMILES string of the molecule is CCC1CCC(N(C)c2ccc(C(N)=S)cc2)CC1. The van der Waals surface area contributed by atoms with Crippen LogP contribution >= 0.6 is 12.2 Å². The minimum atomic E-state index is 0.470. The molecule has 1 fully saturated rings. The van der Waals surface area contributed by atoms with Gasteiger partial charge in [-0.3, -0.25) is 0 Å². The largest absolute Gasteiger partial charge is 0.389 e. The van der Waals surface area contributed by atoms with Gasteiger partial charge in [0, 0.05) is 24.3 Å². The Morgan fingerprint density at radius 3 is 2.26 bits per heavy atom. The lowest BCUT2D eigenvalue weighted by molar-refractivity contribution is 0.313. The zero-order chi connectivity index (χ0) is 13.8. The van der Waals surface area contributed by atoms with E-state index in [1.807, 2.05) is 12.1 Å². The molecule has 1 aromatic rings. The number of hydrogen-bond acceptors (Lipinski definition) is 2. The van der Waals surface area contributed by atoms with Crippen molar-refractivity contribution in [3.63, 3.8) is 0 Å². The first-order valence-electron chi connectivity index (χ1n) is 7.24. The maximum Gasteiger partial charge on any atom is 0.103 e. The van der Waals surface area contributed by atoms with E-state index in [0.717, 1.165) is 11.5 Å². The van der Waals surface area contributed by atoms with E-state index in [1.165, 1.54) is 37.8 Å². The number of hydrogen-bond donors (Lipinski definition) is 1. The van der Waals surface area contributed by atoms with Crippen molar-refractivity contribution in [2.45, 2.75) is 45.1 Å². The van der Waals surface area contributed by atoms with Gasteiger partial charge in [-0.05, 0) is 55.9 Å². The minimum Gasteiger partial charge on any atom is -0.389 e. The molecule has 2 rings (SSSR count). The minimum absolute atomic E-state index is 0.470. The smallest absolute Gasteiger partial charge is 0.103 e. The van der Waals surface area contributed by atoms with Crippen LogP contribution in [-0.4, -0.2) is 18.1 Å². The first-order chi connectivity index (χ1) is 9.11. The monoisotopic (exact) mass is 276 g/mol. The van der Waals surface area contributed by atoms with Gasteiger partial charge in [-0.2, -0.15) is 0 Å². The third-order valence-electron chi connectivity index (χ3n) is 4.50. The Hall–Kier alpha value is -1.09. The van der Waals surface area contributed by atoms with Gasteiger partial charge in [-0.15, -0.1) is 0 Å². The van der Waals surface area contributed by atoms with Gasteiger partial charge < -0.3 is 10.6 Å². The van der Waals surface area contributed by atoms with Crippen LogP contribution in [0, 0.1) is 5.92 Å². The van der Waals surface area contributed by atoms with Crippen molar-refractivity contribution in [3.8, 4) is 0 Å². The molecule has 104 valence electrons. The van der Waals surface area contributed by atoms with Crippen molar-refractivity contribution in [3.05, 3.63) is 29.8 Å². The summed E-state index contributed by atoms with van der Waals surface area (Å²) in [6.45, 7) is 2.31. The molecular weight excluding hydrogens is 252 g/mol. The maximum atomic E-state index is 5.63. The van der Waals surface area contributed by atoms with E-state index in [9.17, 15) is 0 Å². The molecule has 0 spiro atoms. The highest BCUT2D eigenvalue weighted by Crippen LogP contribution is 2.31. The van der Waals surface area contributed by atoms with Gasteiger partial charge >= 0.3 is 0 Å². The van der Waals surface area contributed by atoms with Crippen LogP contribution in [0.2, 0.25) is 0 Å². The van der Waals surface area contributed by atoms with Gasteiger partial charge in [0.25, 0.3) is 0 Å². The van der Waals surface area contributed by atoms with Crippen molar-refractivity contribution in [2.24, 2.45) is 11.7 Å². The summed E-state index contributed by atoms with van der Waals surface area (Å²) in [5.41, 5.74) is 7.84. The normalized spacial score (nSPS) is 23.1. The predicted octanol–water partition coefficient (Wildman–Crippen LogP) is 3.73. The Balaban J connectivity index is 1.99. The fourth-order valence-electron chi connectivity index (χ4n) is 3.01. The van der Waals surface area contributed by atoms with E-state index < -0.39 is 0 Å². The second kappa shape index (κ2) is 6.38. The van der Waals surface area contributed by atoms with Gasteiger partial charge in [0.05, 0.1) is 0 Å². The zero-order valence-corrected chi connectivity index (χ0v) is 12.7. The first kappa shape index (κ1) is 14.3. The van der Waals surface area contributed by atoms with E-state index in [2.05, 4.69) is 31.0 Å². The van der Waals surface area contributed by atoms with Crippen LogP contribution in [0.5, 0.6) is 0 Å². The maximum absolute atomic E-state index is 5.63. The third-order valence-corrected chi connectivity index (χ3v) is 4.74. The van der Waals surface area contributed by atoms with Crippen LogP contribution in [0.3, 0.4) is 0 Å². The molecule has 0 bridgehead atoms. The number of thiocarbonyl (C=S) groups is 1. The van der Waals surface area contributed by atoms with E-state index >= 15 is 0 Å². The average Bonchev–Trinajstić information content (AvgIpc) is 2.46. The van der Waals surface area contributed by atoms with Crippen LogP contribution in [-0.2, 0) is 0 Å². The average molecular weight is 276 g/mol. The molecule has 1 aromatic carbocycles. The van der Waals surface area contributed by atoms with E-state index in [-0.39, 0.29) is 0 Å². The van der Waals surface area contributed by atoms with E-state index in [1.54, 1.807) is 0 Å². The van der Waals surface area contributed by atoms with Crippen LogP contribution in [0.25, 0.3) is 0 Å². The Labute approximate surface area is 122 Å². The highest BCUT2D eigenvalue weighted by atomic mass is 32.1. The molecule has 0 amide bonds. The predicted molar refractivity (Wildman–Crippen MR) is 86.8 cm³/mol. The summed E-state index contributed by atoms with van der Waals surface area (Å²) >= 11 is 4.99. The number of nitrogens with two attached hydrogens (primary N) is 1. The molecule has 0 saturated heterocycles. The Morgan fingerprint density at radius 2 is 1.79 bits per heavy atom. The Bertz CT molecular complexity index is 419. The molecule has 1 aliphatic carbocycles. The summed E-state index contributed by atoms with van der Waals surface area (Å²) in [6.07, 6.45) is 6.70. The molecular formula is C16H24N2S. The Morgan fingerprint density at radius 1 is 1.21 bits per heavy atom. The van der Waals surface area contributed by atoms with Crippen LogP contribution in [0.1, 0.15) is 44.6 Å².